The first-order valence-corrected chi connectivity index (χ1v) is 10.4. The second-order valence-electron chi connectivity index (χ2n) is 7.21. The van der Waals surface area contributed by atoms with Gasteiger partial charge in [0, 0.05) is 12.2 Å². The summed E-state index contributed by atoms with van der Waals surface area (Å²) in [5.74, 6) is 1.55. The van der Waals surface area contributed by atoms with Gasteiger partial charge in [0.1, 0.15) is 5.82 Å². The van der Waals surface area contributed by atoms with E-state index < -0.39 is 0 Å². The minimum Gasteiger partial charge on any atom is -0.355 e. The van der Waals surface area contributed by atoms with E-state index in [1.165, 1.54) is 49.4 Å². The van der Waals surface area contributed by atoms with Crippen LogP contribution in [0.5, 0.6) is 0 Å². The fraction of sp³-hybridized carbons (Fsp3) is 0.550. The molecular weight excluding hydrogens is 344 g/mol. The van der Waals surface area contributed by atoms with Crippen molar-refractivity contribution in [1.29, 1.82) is 0 Å². The van der Waals surface area contributed by atoms with Gasteiger partial charge >= 0.3 is 0 Å². The Bertz CT molecular complexity index is 752. The standard InChI is InChI=1S/C20H28N4OS/c1-14-8-7-11-18(12-14)24-16(3)22-23-20(24)26-15(2)19(25)21-13-17-9-5-4-6-10-17/h7-8,11-12,15,17H,4-6,9-10,13H2,1-3H3,(H,21,25)/t15-/m1/s1. The normalized spacial score (nSPS) is 16.4. The van der Waals surface area contributed by atoms with Gasteiger partial charge in [0.2, 0.25) is 5.91 Å². The Morgan fingerprint density at radius 2 is 2.04 bits per heavy atom. The summed E-state index contributed by atoms with van der Waals surface area (Å²) in [6.07, 6.45) is 6.41. The number of hydrogen-bond donors (Lipinski definition) is 1. The van der Waals surface area contributed by atoms with Gasteiger partial charge in [-0.1, -0.05) is 43.2 Å². The zero-order chi connectivity index (χ0) is 18.5. The predicted molar refractivity (Wildman–Crippen MR) is 106 cm³/mol. The Hall–Kier alpha value is -1.82. The van der Waals surface area contributed by atoms with Crippen molar-refractivity contribution in [2.45, 2.75) is 63.3 Å². The van der Waals surface area contributed by atoms with Gasteiger partial charge in [0.25, 0.3) is 0 Å². The molecule has 0 unspecified atom stereocenters. The van der Waals surface area contributed by atoms with Crippen LogP contribution in [0.3, 0.4) is 0 Å². The van der Waals surface area contributed by atoms with E-state index in [1.54, 1.807) is 0 Å². The average molecular weight is 373 g/mol. The van der Waals surface area contributed by atoms with Gasteiger partial charge in [0.05, 0.1) is 5.25 Å². The molecule has 3 rings (SSSR count). The fourth-order valence-electron chi connectivity index (χ4n) is 3.48. The summed E-state index contributed by atoms with van der Waals surface area (Å²) in [5.41, 5.74) is 2.22. The monoisotopic (exact) mass is 372 g/mol. The summed E-state index contributed by atoms with van der Waals surface area (Å²) in [4.78, 5) is 12.5. The number of aryl methyl sites for hydroxylation is 2. The number of benzene rings is 1. The van der Waals surface area contributed by atoms with Crippen molar-refractivity contribution < 1.29 is 4.79 Å². The van der Waals surface area contributed by atoms with Crippen molar-refractivity contribution in [3.05, 3.63) is 35.7 Å². The van der Waals surface area contributed by atoms with Crippen LogP contribution in [0.2, 0.25) is 0 Å². The lowest BCUT2D eigenvalue weighted by atomic mass is 9.89. The Morgan fingerprint density at radius 3 is 2.77 bits per heavy atom. The highest BCUT2D eigenvalue weighted by molar-refractivity contribution is 8.00. The Morgan fingerprint density at radius 1 is 1.27 bits per heavy atom. The van der Waals surface area contributed by atoms with Crippen molar-refractivity contribution >= 4 is 17.7 Å². The van der Waals surface area contributed by atoms with Crippen LogP contribution in [-0.4, -0.2) is 32.5 Å². The number of amides is 1. The summed E-state index contributed by atoms with van der Waals surface area (Å²) >= 11 is 1.46. The van der Waals surface area contributed by atoms with Gasteiger partial charge in [-0.25, -0.2) is 0 Å². The van der Waals surface area contributed by atoms with Crippen molar-refractivity contribution in [3.63, 3.8) is 0 Å². The molecule has 1 aromatic heterocycles. The molecule has 1 aliphatic rings. The van der Waals surface area contributed by atoms with E-state index >= 15 is 0 Å². The van der Waals surface area contributed by atoms with Crippen LogP contribution < -0.4 is 5.32 Å². The number of nitrogens with one attached hydrogen (secondary N) is 1. The molecule has 140 valence electrons. The van der Waals surface area contributed by atoms with Gasteiger partial charge < -0.3 is 5.32 Å². The fourth-order valence-corrected chi connectivity index (χ4v) is 4.41. The highest BCUT2D eigenvalue weighted by Crippen LogP contribution is 2.26. The predicted octanol–water partition coefficient (Wildman–Crippen LogP) is 4.06. The van der Waals surface area contributed by atoms with E-state index in [0.29, 0.717) is 5.92 Å². The first-order chi connectivity index (χ1) is 12.5. The van der Waals surface area contributed by atoms with E-state index in [1.807, 2.05) is 30.5 Å². The quantitative estimate of drug-likeness (QED) is 0.777. The Balaban J connectivity index is 1.64. The molecule has 1 aliphatic carbocycles. The second-order valence-corrected chi connectivity index (χ2v) is 8.52. The van der Waals surface area contributed by atoms with E-state index in [2.05, 4.69) is 34.6 Å². The maximum Gasteiger partial charge on any atom is 0.233 e. The lowest BCUT2D eigenvalue weighted by molar-refractivity contribution is -0.120. The minimum absolute atomic E-state index is 0.0806. The van der Waals surface area contributed by atoms with Crippen LogP contribution in [0, 0.1) is 19.8 Å². The van der Waals surface area contributed by atoms with E-state index in [4.69, 9.17) is 0 Å². The van der Waals surface area contributed by atoms with Gasteiger partial charge in [-0.15, -0.1) is 10.2 Å². The molecule has 2 aromatic rings. The molecule has 5 nitrogen and oxygen atoms in total. The maximum absolute atomic E-state index is 12.5. The molecule has 1 atom stereocenters. The highest BCUT2D eigenvalue weighted by atomic mass is 32.2. The van der Waals surface area contributed by atoms with Crippen LogP contribution in [0.4, 0.5) is 0 Å². The molecule has 1 fully saturated rings. The average Bonchev–Trinajstić information content (AvgIpc) is 3.00. The van der Waals surface area contributed by atoms with Crippen LogP contribution in [0.1, 0.15) is 50.4 Å². The molecule has 0 aliphatic heterocycles. The summed E-state index contributed by atoms with van der Waals surface area (Å²) in [7, 11) is 0. The molecule has 0 spiro atoms. The molecular formula is C20H28N4OS. The van der Waals surface area contributed by atoms with Gasteiger partial charge in [0.15, 0.2) is 5.16 Å². The second kappa shape index (κ2) is 8.71. The molecule has 1 heterocycles. The molecule has 6 heteroatoms. The smallest absolute Gasteiger partial charge is 0.233 e. The molecule has 0 saturated heterocycles. The number of thioether (sulfide) groups is 1. The first kappa shape index (κ1) is 19.0. The lowest BCUT2D eigenvalue weighted by Crippen LogP contribution is -2.35. The number of carbonyl (C=O) groups excluding carboxylic acids is 1. The third-order valence-electron chi connectivity index (χ3n) is 5.00. The summed E-state index contributed by atoms with van der Waals surface area (Å²) < 4.78 is 2.02. The molecule has 1 amide bonds. The van der Waals surface area contributed by atoms with Gasteiger partial charge in [-0.3, -0.25) is 9.36 Å². The van der Waals surface area contributed by atoms with Crippen LogP contribution in [-0.2, 0) is 4.79 Å². The zero-order valence-corrected chi connectivity index (χ0v) is 16.7. The number of rotatable bonds is 6. The Labute approximate surface area is 160 Å². The molecule has 1 N–H and O–H groups in total. The number of nitrogens with zero attached hydrogens (tertiary/aromatic N) is 3. The van der Waals surface area contributed by atoms with Crippen LogP contribution in [0.15, 0.2) is 29.4 Å². The molecule has 1 aromatic carbocycles. The number of aromatic nitrogens is 3. The SMILES string of the molecule is Cc1cccc(-n2c(C)nnc2S[C@H](C)C(=O)NCC2CCCCC2)c1. The maximum atomic E-state index is 12.5. The molecule has 0 bridgehead atoms. The van der Waals surface area contributed by atoms with E-state index in [0.717, 1.165) is 23.2 Å². The van der Waals surface area contributed by atoms with Crippen LogP contribution in [0.25, 0.3) is 5.69 Å². The third-order valence-corrected chi connectivity index (χ3v) is 6.04. The summed E-state index contributed by atoms with van der Waals surface area (Å²) in [5, 5.41) is 12.2. The molecule has 0 radical (unpaired) electrons. The Kier molecular flexibility index (Phi) is 6.35. The van der Waals surface area contributed by atoms with E-state index in [9.17, 15) is 4.79 Å². The summed E-state index contributed by atoms with van der Waals surface area (Å²) in [6.45, 7) is 6.74. The van der Waals surface area contributed by atoms with Crippen molar-refractivity contribution in [2.24, 2.45) is 5.92 Å². The van der Waals surface area contributed by atoms with Crippen molar-refractivity contribution in [1.82, 2.24) is 20.1 Å². The third kappa shape index (κ3) is 4.67. The van der Waals surface area contributed by atoms with Crippen molar-refractivity contribution in [2.75, 3.05) is 6.54 Å². The topological polar surface area (TPSA) is 59.8 Å². The highest BCUT2D eigenvalue weighted by Gasteiger charge is 2.21. The van der Waals surface area contributed by atoms with Crippen molar-refractivity contribution in [3.8, 4) is 5.69 Å². The number of hydrogen-bond acceptors (Lipinski definition) is 4. The largest absolute Gasteiger partial charge is 0.355 e. The minimum atomic E-state index is -0.203. The van der Waals surface area contributed by atoms with Gasteiger partial charge in [-0.2, -0.15) is 0 Å². The van der Waals surface area contributed by atoms with Gasteiger partial charge in [-0.05, 0) is 57.2 Å². The lowest BCUT2D eigenvalue weighted by Gasteiger charge is -2.22. The van der Waals surface area contributed by atoms with Crippen LogP contribution >= 0.6 is 11.8 Å². The zero-order valence-electron chi connectivity index (χ0n) is 15.9. The summed E-state index contributed by atoms with van der Waals surface area (Å²) in [6, 6.07) is 8.24. The molecule has 26 heavy (non-hydrogen) atoms. The molecule has 1 saturated carbocycles. The van der Waals surface area contributed by atoms with E-state index in [-0.39, 0.29) is 11.2 Å². The number of carbonyl (C=O) groups is 1. The first-order valence-electron chi connectivity index (χ1n) is 9.48.